The van der Waals surface area contributed by atoms with Gasteiger partial charge in [0.2, 0.25) is 0 Å². The third-order valence-electron chi connectivity index (χ3n) is 3.03. The van der Waals surface area contributed by atoms with Gasteiger partial charge in [-0.1, -0.05) is 29.8 Å². The molecule has 0 fully saturated rings. The first kappa shape index (κ1) is 12.7. The smallest absolute Gasteiger partial charge is 0.129 e. The molecule has 1 atom stereocenters. The molecule has 0 aliphatic heterocycles. The lowest BCUT2D eigenvalue weighted by atomic mass is 9.87. The summed E-state index contributed by atoms with van der Waals surface area (Å²) in [5, 5.41) is 10.5. The Morgan fingerprint density at radius 1 is 1.06 bits per heavy atom. The summed E-state index contributed by atoms with van der Waals surface area (Å²) in [4.78, 5) is 0. The lowest BCUT2D eigenvalue weighted by molar-refractivity contribution is 0.0974. The summed E-state index contributed by atoms with van der Waals surface area (Å²) in [6, 6.07) is 10.2. The Morgan fingerprint density at radius 2 is 1.78 bits per heavy atom. The highest BCUT2D eigenvalue weighted by atomic mass is 19.1. The highest BCUT2D eigenvalue weighted by Gasteiger charge is 2.29. The van der Waals surface area contributed by atoms with Crippen LogP contribution in [0.25, 0.3) is 0 Å². The third kappa shape index (κ3) is 2.27. The van der Waals surface area contributed by atoms with E-state index < -0.39 is 17.2 Å². The van der Waals surface area contributed by atoms with Crippen LogP contribution >= 0.6 is 0 Å². The lowest BCUT2D eigenvalue weighted by Crippen LogP contribution is -2.24. The van der Waals surface area contributed by atoms with Crippen LogP contribution in [0.2, 0.25) is 0 Å². The maximum Gasteiger partial charge on any atom is 0.129 e. The van der Waals surface area contributed by atoms with Crippen LogP contribution in [-0.4, -0.2) is 5.11 Å². The molecule has 0 amide bonds. The van der Waals surface area contributed by atoms with Gasteiger partial charge in [0.1, 0.15) is 17.2 Å². The van der Waals surface area contributed by atoms with Crippen molar-refractivity contribution in [2.24, 2.45) is 0 Å². The molecule has 1 unspecified atom stereocenters. The Hall–Kier alpha value is -1.74. The second-order valence-electron chi connectivity index (χ2n) is 4.57. The van der Waals surface area contributed by atoms with Crippen molar-refractivity contribution in [3.8, 4) is 0 Å². The molecular weight excluding hydrogens is 234 g/mol. The summed E-state index contributed by atoms with van der Waals surface area (Å²) < 4.78 is 26.9. The van der Waals surface area contributed by atoms with Gasteiger partial charge in [0.25, 0.3) is 0 Å². The number of aliphatic hydroxyl groups is 1. The predicted octanol–water partition coefficient (Wildman–Crippen LogP) is 3.53. The molecule has 0 aliphatic carbocycles. The predicted molar refractivity (Wildman–Crippen MR) is 66.2 cm³/mol. The zero-order valence-corrected chi connectivity index (χ0v) is 10.2. The highest BCUT2D eigenvalue weighted by Crippen LogP contribution is 2.31. The normalized spacial score (nSPS) is 14.3. The Labute approximate surface area is 105 Å². The van der Waals surface area contributed by atoms with E-state index in [1.54, 1.807) is 18.2 Å². The molecule has 1 nitrogen and oxygen atoms in total. The van der Waals surface area contributed by atoms with Crippen molar-refractivity contribution in [3.05, 3.63) is 70.8 Å². The van der Waals surface area contributed by atoms with Gasteiger partial charge in [0.15, 0.2) is 0 Å². The Morgan fingerprint density at radius 3 is 2.44 bits per heavy atom. The van der Waals surface area contributed by atoms with Gasteiger partial charge in [-0.25, -0.2) is 8.78 Å². The fourth-order valence-corrected chi connectivity index (χ4v) is 1.97. The van der Waals surface area contributed by atoms with Crippen molar-refractivity contribution < 1.29 is 13.9 Å². The van der Waals surface area contributed by atoms with E-state index in [0.29, 0.717) is 5.56 Å². The monoisotopic (exact) mass is 248 g/mol. The van der Waals surface area contributed by atoms with E-state index in [1.807, 2.05) is 13.0 Å². The van der Waals surface area contributed by atoms with Gasteiger partial charge in [0.05, 0.1) is 0 Å². The fraction of sp³-hybridized carbons (Fsp3) is 0.200. The zero-order valence-electron chi connectivity index (χ0n) is 10.2. The van der Waals surface area contributed by atoms with E-state index in [-0.39, 0.29) is 5.56 Å². The maximum atomic E-state index is 13.7. The number of halogens is 2. The quantitative estimate of drug-likeness (QED) is 0.862. The molecule has 0 radical (unpaired) electrons. The van der Waals surface area contributed by atoms with Crippen LogP contribution in [0.4, 0.5) is 8.78 Å². The summed E-state index contributed by atoms with van der Waals surface area (Å²) in [6.45, 7) is 3.33. The van der Waals surface area contributed by atoms with Crippen LogP contribution in [-0.2, 0) is 5.60 Å². The van der Waals surface area contributed by atoms with Crippen LogP contribution in [0.15, 0.2) is 42.5 Å². The summed E-state index contributed by atoms with van der Waals surface area (Å²) in [7, 11) is 0. The molecule has 0 saturated carbocycles. The average Bonchev–Trinajstić information content (AvgIpc) is 2.32. The van der Waals surface area contributed by atoms with Crippen LogP contribution in [0, 0.1) is 18.6 Å². The third-order valence-corrected chi connectivity index (χ3v) is 3.03. The number of hydrogen-bond acceptors (Lipinski definition) is 1. The molecule has 1 N–H and O–H groups in total. The summed E-state index contributed by atoms with van der Waals surface area (Å²) in [5.41, 5.74) is -0.136. The van der Waals surface area contributed by atoms with Crippen molar-refractivity contribution in [1.82, 2.24) is 0 Å². The summed E-state index contributed by atoms with van der Waals surface area (Å²) in [6.07, 6.45) is 0. The minimum atomic E-state index is -1.56. The number of benzene rings is 2. The van der Waals surface area contributed by atoms with E-state index in [0.717, 1.165) is 23.8 Å². The highest BCUT2D eigenvalue weighted by molar-refractivity contribution is 5.37. The summed E-state index contributed by atoms with van der Waals surface area (Å²) in [5.74, 6) is -1.19. The standard InChI is InChI=1S/C15H14F2O/c1-10-4-3-5-11(8-10)15(2,18)13-9-12(16)6-7-14(13)17/h3-9,18H,1-2H3. The molecule has 0 heterocycles. The average molecular weight is 248 g/mol. The van der Waals surface area contributed by atoms with Crippen LogP contribution in [0.1, 0.15) is 23.6 Å². The zero-order chi connectivity index (χ0) is 13.3. The van der Waals surface area contributed by atoms with Crippen molar-refractivity contribution in [2.75, 3.05) is 0 Å². The fourth-order valence-electron chi connectivity index (χ4n) is 1.97. The molecule has 0 aliphatic rings. The largest absolute Gasteiger partial charge is 0.381 e. The first-order chi connectivity index (χ1) is 8.41. The molecule has 2 rings (SSSR count). The topological polar surface area (TPSA) is 20.2 Å². The minimum absolute atomic E-state index is 0.0619. The van der Waals surface area contributed by atoms with E-state index in [9.17, 15) is 13.9 Å². The van der Waals surface area contributed by atoms with Gasteiger partial charge in [-0.3, -0.25) is 0 Å². The van der Waals surface area contributed by atoms with Crippen LogP contribution in [0.5, 0.6) is 0 Å². The van der Waals surface area contributed by atoms with E-state index in [1.165, 1.54) is 6.92 Å². The second kappa shape index (κ2) is 4.50. The van der Waals surface area contributed by atoms with Gasteiger partial charge < -0.3 is 5.11 Å². The maximum absolute atomic E-state index is 13.7. The molecule has 0 spiro atoms. The molecule has 2 aromatic carbocycles. The molecule has 18 heavy (non-hydrogen) atoms. The first-order valence-electron chi connectivity index (χ1n) is 5.66. The van der Waals surface area contributed by atoms with Gasteiger partial charge in [-0.05, 0) is 37.6 Å². The number of rotatable bonds is 2. The molecule has 0 aromatic heterocycles. The van der Waals surface area contributed by atoms with Gasteiger partial charge >= 0.3 is 0 Å². The first-order valence-corrected chi connectivity index (χ1v) is 5.66. The van der Waals surface area contributed by atoms with Crippen molar-refractivity contribution in [1.29, 1.82) is 0 Å². The number of hydrogen-bond donors (Lipinski definition) is 1. The van der Waals surface area contributed by atoms with Crippen molar-refractivity contribution in [2.45, 2.75) is 19.4 Å². The SMILES string of the molecule is Cc1cccc(C(C)(O)c2cc(F)ccc2F)c1. The summed E-state index contributed by atoms with van der Waals surface area (Å²) >= 11 is 0. The van der Waals surface area contributed by atoms with Gasteiger partial charge in [-0.15, -0.1) is 0 Å². The van der Waals surface area contributed by atoms with E-state index in [4.69, 9.17) is 0 Å². The Balaban J connectivity index is 2.57. The molecule has 3 heteroatoms. The van der Waals surface area contributed by atoms with Crippen molar-refractivity contribution in [3.63, 3.8) is 0 Å². The minimum Gasteiger partial charge on any atom is -0.381 e. The molecule has 94 valence electrons. The molecule has 2 aromatic rings. The van der Waals surface area contributed by atoms with E-state index >= 15 is 0 Å². The molecule has 0 saturated heterocycles. The van der Waals surface area contributed by atoms with Gasteiger partial charge in [0, 0.05) is 5.56 Å². The second-order valence-corrected chi connectivity index (χ2v) is 4.57. The lowest BCUT2D eigenvalue weighted by Gasteiger charge is -2.25. The molecular formula is C15H14F2O. The Kier molecular flexibility index (Phi) is 3.18. The van der Waals surface area contributed by atoms with Crippen molar-refractivity contribution >= 4 is 0 Å². The van der Waals surface area contributed by atoms with Crippen LogP contribution in [0.3, 0.4) is 0 Å². The number of aryl methyl sites for hydroxylation is 1. The van der Waals surface area contributed by atoms with Gasteiger partial charge in [-0.2, -0.15) is 0 Å². The Bertz CT molecular complexity index is 576. The molecule has 0 bridgehead atoms. The van der Waals surface area contributed by atoms with E-state index in [2.05, 4.69) is 0 Å². The van der Waals surface area contributed by atoms with Crippen LogP contribution < -0.4 is 0 Å².